The molecule has 1 atom stereocenters. The zero-order valence-electron chi connectivity index (χ0n) is 15.2. The first-order valence-electron chi connectivity index (χ1n) is 9.08. The molecule has 6 heteroatoms. The first-order valence-corrected chi connectivity index (χ1v) is 9.08. The van der Waals surface area contributed by atoms with Crippen molar-refractivity contribution in [3.8, 4) is 11.5 Å². The molecule has 142 valence electrons. The standard InChI is InChI=1S/C21H24N2O4/c22-21(25)17-7-4-12-23(13-17)20(24)15-27-19-10-8-18(9-11-19)26-14-16-5-2-1-3-6-16/h1-3,5-6,8-11,17H,4,7,12-15H2,(H2,22,25). The van der Waals surface area contributed by atoms with Crippen molar-refractivity contribution < 1.29 is 19.1 Å². The Morgan fingerprint density at radius 2 is 1.67 bits per heavy atom. The molecule has 2 N–H and O–H groups in total. The fourth-order valence-corrected chi connectivity index (χ4v) is 3.05. The summed E-state index contributed by atoms with van der Waals surface area (Å²) in [6, 6.07) is 17.1. The molecule has 0 saturated carbocycles. The zero-order chi connectivity index (χ0) is 19.1. The van der Waals surface area contributed by atoms with Gasteiger partial charge in [-0.2, -0.15) is 0 Å². The van der Waals surface area contributed by atoms with Gasteiger partial charge in [-0.05, 0) is 42.7 Å². The van der Waals surface area contributed by atoms with Crippen molar-refractivity contribution in [1.82, 2.24) is 4.90 Å². The summed E-state index contributed by atoms with van der Waals surface area (Å²) in [5.41, 5.74) is 6.45. The number of amides is 2. The van der Waals surface area contributed by atoms with E-state index in [1.54, 1.807) is 17.0 Å². The van der Waals surface area contributed by atoms with Gasteiger partial charge in [0.15, 0.2) is 6.61 Å². The van der Waals surface area contributed by atoms with Crippen LogP contribution in [0.25, 0.3) is 0 Å². The second-order valence-electron chi connectivity index (χ2n) is 6.62. The molecular weight excluding hydrogens is 344 g/mol. The summed E-state index contributed by atoms with van der Waals surface area (Å²) in [4.78, 5) is 25.3. The highest BCUT2D eigenvalue weighted by Gasteiger charge is 2.27. The SMILES string of the molecule is NC(=O)C1CCCN(C(=O)COc2ccc(OCc3ccccc3)cc2)C1. The minimum Gasteiger partial charge on any atom is -0.489 e. The summed E-state index contributed by atoms with van der Waals surface area (Å²) in [7, 11) is 0. The highest BCUT2D eigenvalue weighted by Crippen LogP contribution is 2.20. The van der Waals surface area contributed by atoms with Crippen LogP contribution in [0.15, 0.2) is 54.6 Å². The second kappa shape index (κ2) is 9.07. The predicted molar refractivity (Wildman–Crippen MR) is 101 cm³/mol. The third kappa shape index (κ3) is 5.48. The number of rotatable bonds is 7. The van der Waals surface area contributed by atoms with Crippen LogP contribution in [0.5, 0.6) is 11.5 Å². The number of primary amides is 1. The van der Waals surface area contributed by atoms with Crippen LogP contribution < -0.4 is 15.2 Å². The van der Waals surface area contributed by atoms with Crippen LogP contribution in [0.2, 0.25) is 0 Å². The van der Waals surface area contributed by atoms with Gasteiger partial charge in [-0.3, -0.25) is 9.59 Å². The van der Waals surface area contributed by atoms with Crippen molar-refractivity contribution in [2.75, 3.05) is 19.7 Å². The van der Waals surface area contributed by atoms with E-state index >= 15 is 0 Å². The molecule has 1 aliphatic rings. The first-order chi connectivity index (χ1) is 13.1. The van der Waals surface area contributed by atoms with Crippen LogP contribution in [0.3, 0.4) is 0 Å². The minimum atomic E-state index is -0.348. The van der Waals surface area contributed by atoms with Crippen LogP contribution in [-0.4, -0.2) is 36.4 Å². The highest BCUT2D eigenvalue weighted by atomic mass is 16.5. The molecule has 0 radical (unpaired) electrons. The molecule has 1 unspecified atom stereocenters. The van der Waals surface area contributed by atoms with Crippen molar-refractivity contribution in [3.63, 3.8) is 0 Å². The Kier molecular flexibility index (Phi) is 6.30. The molecule has 2 aromatic carbocycles. The molecule has 1 heterocycles. The molecule has 6 nitrogen and oxygen atoms in total. The van der Waals surface area contributed by atoms with Crippen LogP contribution in [0.4, 0.5) is 0 Å². The molecule has 2 amide bonds. The monoisotopic (exact) mass is 368 g/mol. The van der Waals surface area contributed by atoms with E-state index in [0.717, 1.165) is 24.2 Å². The highest BCUT2D eigenvalue weighted by molar-refractivity contribution is 5.81. The number of hydrogen-bond donors (Lipinski definition) is 1. The number of hydrogen-bond acceptors (Lipinski definition) is 4. The second-order valence-corrected chi connectivity index (χ2v) is 6.62. The number of carbonyl (C=O) groups excluding carboxylic acids is 2. The van der Waals surface area contributed by atoms with Gasteiger partial charge < -0.3 is 20.1 Å². The van der Waals surface area contributed by atoms with Crippen molar-refractivity contribution in [1.29, 1.82) is 0 Å². The van der Waals surface area contributed by atoms with Gasteiger partial charge in [-0.25, -0.2) is 0 Å². The average Bonchev–Trinajstić information content (AvgIpc) is 2.72. The Balaban J connectivity index is 1.45. The van der Waals surface area contributed by atoms with E-state index in [9.17, 15) is 9.59 Å². The maximum Gasteiger partial charge on any atom is 0.260 e. The molecule has 1 aliphatic heterocycles. The summed E-state index contributed by atoms with van der Waals surface area (Å²) in [6.07, 6.45) is 1.53. The molecule has 1 saturated heterocycles. The number of piperidine rings is 1. The van der Waals surface area contributed by atoms with Crippen LogP contribution in [0, 0.1) is 5.92 Å². The van der Waals surface area contributed by atoms with Crippen molar-refractivity contribution in [3.05, 3.63) is 60.2 Å². The van der Waals surface area contributed by atoms with Gasteiger partial charge >= 0.3 is 0 Å². The van der Waals surface area contributed by atoms with E-state index in [-0.39, 0.29) is 24.3 Å². The lowest BCUT2D eigenvalue weighted by Gasteiger charge is -2.31. The summed E-state index contributed by atoms with van der Waals surface area (Å²) in [6.45, 7) is 1.45. The van der Waals surface area contributed by atoms with E-state index in [1.165, 1.54) is 0 Å². The molecule has 3 rings (SSSR count). The summed E-state index contributed by atoms with van der Waals surface area (Å²) >= 11 is 0. The normalized spacial score (nSPS) is 16.6. The largest absolute Gasteiger partial charge is 0.489 e. The average molecular weight is 368 g/mol. The summed E-state index contributed by atoms with van der Waals surface area (Å²) in [5, 5.41) is 0. The fraction of sp³-hybridized carbons (Fsp3) is 0.333. The maximum absolute atomic E-state index is 12.3. The Labute approximate surface area is 158 Å². The zero-order valence-corrected chi connectivity index (χ0v) is 15.2. The van der Waals surface area contributed by atoms with Gasteiger partial charge in [-0.15, -0.1) is 0 Å². The lowest BCUT2D eigenvalue weighted by molar-refractivity contribution is -0.136. The Morgan fingerprint density at radius 1 is 1.00 bits per heavy atom. The molecule has 0 bridgehead atoms. The predicted octanol–water partition coefficient (Wildman–Crippen LogP) is 2.37. The quantitative estimate of drug-likeness (QED) is 0.813. The van der Waals surface area contributed by atoms with E-state index in [1.807, 2.05) is 42.5 Å². The third-order valence-corrected chi connectivity index (χ3v) is 4.61. The van der Waals surface area contributed by atoms with Gasteiger partial charge in [-0.1, -0.05) is 30.3 Å². The lowest BCUT2D eigenvalue weighted by atomic mass is 9.97. The summed E-state index contributed by atoms with van der Waals surface area (Å²) in [5.74, 6) is 0.588. The van der Waals surface area contributed by atoms with Crippen molar-refractivity contribution in [2.45, 2.75) is 19.4 Å². The van der Waals surface area contributed by atoms with Gasteiger partial charge in [0.1, 0.15) is 18.1 Å². The maximum atomic E-state index is 12.3. The van der Waals surface area contributed by atoms with Gasteiger partial charge in [0.2, 0.25) is 5.91 Å². The van der Waals surface area contributed by atoms with Crippen LogP contribution in [0.1, 0.15) is 18.4 Å². The minimum absolute atomic E-state index is 0.0598. The number of ether oxygens (including phenoxy) is 2. The Morgan fingerprint density at radius 3 is 2.33 bits per heavy atom. The van der Waals surface area contributed by atoms with Crippen LogP contribution in [-0.2, 0) is 16.2 Å². The van der Waals surface area contributed by atoms with Crippen LogP contribution >= 0.6 is 0 Å². The number of carbonyl (C=O) groups is 2. The lowest BCUT2D eigenvalue weighted by Crippen LogP contribution is -2.45. The molecular formula is C21H24N2O4. The van der Waals surface area contributed by atoms with E-state index in [0.29, 0.717) is 25.4 Å². The number of nitrogens with zero attached hydrogens (tertiary/aromatic N) is 1. The topological polar surface area (TPSA) is 81.9 Å². The Hall–Kier alpha value is -3.02. The fourth-order valence-electron chi connectivity index (χ4n) is 3.05. The number of likely N-dealkylation sites (tertiary alicyclic amines) is 1. The van der Waals surface area contributed by atoms with E-state index in [2.05, 4.69) is 0 Å². The summed E-state index contributed by atoms with van der Waals surface area (Å²) < 4.78 is 11.3. The Bertz CT molecular complexity index is 762. The molecule has 0 aliphatic carbocycles. The molecule has 27 heavy (non-hydrogen) atoms. The molecule has 1 fully saturated rings. The molecule has 0 spiro atoms. The van der Waals surface area contributed by atoms with Gasteiger partial charge in [0.05, 0.1) is 5.92 Å². The van der Waals surface area contributed by atoms with E-state index < -0.39 is 0 Å². The number of benzene rings is 2. The van der Waals surface area contributed by atoms with Gasteiger partial charge in [0.25, 0.3) is 5.91 Å². The van der Waals surface area contributed by atoms with E-state index in [4.69, 9.17) is 15.2 Å². The number of nitrogens with two attached hydrogens (primary N) is 1. The van der Waals surface area contributed by atoms with Crippen molar-refractivity contribution in [2.24, 2.45) is 11.7 Å². The third-order valence-electron chi connectivity index (χ3n) is 4.61. The van der Waals surface area contributed by atoms with Crippen molar-refractivity contribution >= 4 is 11.8 Å². The molecule has 0 aromatic heterocycles. The first kappa shape index (κ1) is 18.8. The molecule has 2 aromatic rings. The van der Waals surface area contributed by atoms with Gasteiger partial charge in [0, 0.05) is 13.1 Å². The smallest absolute Gasteiger partial charge is 0.260 e.